The number of benzene rings is 1. The zero-order chi connectivity index (χ0) is 25.9. The highest BCUT2D eigenvalue weighted by molar-refractivity contribution is 7.48. The molecule has 0 saturated heterocycles. The van der Waals surface area contributed by atoms with Crippen molar-refractivity contribution in [1.82, 2.24) is 0 Å². The Morgan fingerprint density at radius 3 is 1.49 bits per heavy atom. The van der Waals surface area contributed by atoms with Gasteiger partial charge in [-0.05, 0) is 64.5 Å². The lowest BCUT2D eigenvalue weighted by Gasteiger charge is -2.18. The van der Waals surface area contributed by atoms with Crippen LogP contribution in [0.15, 0.2) is 54.6 Å². The van der Waals surface area contributed by atoms with E-state index in [4.69, 9.17) is 23.0 Å². The van der Waals surface area contributed by atoms with Gasteiger partial charge >= 0.3 is 19.8 Å². The van der Waals surface area contributed by atoms with Gasteiger partial charge in [0.1, 0.15) is 5.75 Å². The summed E-state index contributed by atoms with van der Waals surface area (Å²) in [6, 6.07) is 8.78. The third kappa shape index (κ3) is 15.2. The molecule has 0 radical (unpaired) electrons. The molecule has 8 nitrogen and oxygen atoms in total. The molecule has 0 aliphatic rings. The number of hydrogen-bond donors (Lipinski definition) is 0. The van der Waals surface area contributed by atoms with Gasteiger partial charge in [0, 0.05) is 11.1 Å². The maximum absolute atomic E-state index is 13.1. The Kier molecular flexibility index (Phi) is 15.7. The molecule has 0 bridgehead atoms. The molecule has 0 heterocycles. The van der Waals surface area contributed by atoms with Crippen LogP contribution in [0.5, 0.6) is 5.75 Å². The standard InChI is InChI=1S/C26H39O8P/c1-22(2)25(27)30-18-12-5-7-14-20-32-35(29,34-24-16-10-9-11-17-24)33-21-15-8-6-13-19-31-26(28)23(3)4/h9-11,16-17H,1,3,5-8,12-15,18-21H2,2,4H3. The maximum atomic E-state index is 13.1. The van der Waals surface area contributed by atoms with E-state index in [1.807, 2.05) is 6.07 Å². The first kappa shape index (κ1) is 30.6. The average molecular weight is 511 g/mol. The molecule has 0 fully saturated rings. The van der Waals surface area contributed by atoms with Crippen molar-refractivity contribution >= 4 is 19.8 Å². The summed E-state index contributed by atoms with van der Waals surface area (Å²) in [5.41, 5.74) is 0.772. The summed E-state index contributed by atoms with van der Waals surface area (Å²) in [6.07, 6.45) is 6.15. The predicted octanol–water partition coefficient (Wildman–Crippen LogP) is 6.57. The molecule has 0 aromatic heterocycles. The minimum Gasteiger partial charge on any atom is -0.462 e. The number of rotatable bonds is 20. The Morgan fingerprint density at radius 2 is 1.09 bits per heavy atom. The summed E-state index contributed by atoms with van der Waals surface area (Å²) < 4.78 is 39.9. The van der Waals surface area contributed by atoms with Crippen LogP contribution < -0.4 is 4.52 Å². The molecule has 0 unspecified atom stereocenters. The fraction of sp³-hybridized carbons (Fsp3) is 0.538. The molecule has 0 aliphatic carbocycles. The highest BCUT2D eigenvalue weighted by Crippen LogP contribution is 2.49. The summed E-state index contributed by atoms with van der Waals surface area (Å²) in [7, 11) is -3.77. The Bertz CT molecular complexity index is 791. The fourth-order valence-electron chi connectivity index (χ4n) is 2.74. The van der Waals surface area contributed by atoms with Crippen LogP contribution in [-0.2, 0) is 32.7 Å². The van der Waals surface area contributed by atoms with Gasteiger partial charge in [0.15, 0.2) is 0 Å². The van der Waals surface area contributed by atoms with Gasteiger partial charge in [0.25, 0.3) is 0 Å². The monoisotopic (exact) mass is 510 g/mol. The number of phosphoric ester groups is 1. The second-order valence-corrected chi connectivity index (χ2v) is 9.77. The van der Waals surface area contributed by atoms with Gasteiger partial charge in [0.05, 0.1) is 26.4 Å². The second-order valence-electron chi connectivity index (χ2n) is 8.18. The van der Waals surface area contributed by atoms with Crippen LogP contribution in [0, 0.1) is 0 Å². The molecule has 1 aromatic carbocycles. The average Bonchev–Trinajstić information content (AvgIpc) is 2.82. The van der Waals surface area contributed by atoms with Crippen molar-refractivity contribution in [3.05, 3.63) is 54.6 Å². The topological polar surface area (TPSA) is 97.4 Å². The number of unbranched alkanes of at least 4 members (excludes halogenated alkanes) is 6. The molecule has 9 heteroatoms. The minimum atomic E-state index is -3.77. The van der Waals surface area contributed by atoms with Crippen LogP contribution in [0.2, 0.25) is 0 Å². The van der Waals surface area contributed by atoms with E-state index in [0.717, 1.165) is 38.5 Å². The summed E-state index contributed by atoms with van der Waals surface area (Å²) >= 11 is 0. The summed E-state index contributed by atoms with van der Waals surface area (Å²) in [6.45, 7) is 11.5. The van der Waals surface area contributed by atoms with E-state index in [2.05, 4.69) is 13.2 Å². The van der Waals surface area contributed by atoms with E-state index in [-0.39, 0.29) is 25.2 Å². The molecule has 0 spiro atoms. The van der Waals surface area contributed by atoms with Gasteiger partial charge < -0.3 is 14.0 Å². The normalized spacial score (nSPS) is 11.0. The Labute approximate surface area is 209 Å². The molecule has 0 aliphatic heterocycles. The van der Waals surface area contributed by atoms with Crippen LogP contribution in [0.4, 0.5) is 0 Å². The molecule has 0 N–H and O–H groups in total. The number of carbonyl (C=O) groups is 2. The van der Waals surface area contributed by atoms with Gasteiger partial charge in [0.2, 0.25) is 0 Å². The quantitative estimate of drug-likeness (QED) is 0.0841. The van der Waals surface area contributed by atoms with E-state index in [1.165, 1.54) is 0 Å². The van der Waals surface area contributed by atoms with E-state index >= 15 is 0 Å². The third-order valence-electron chi connectivity index (χ3n) is 4.70. The predicted molar refractivity (Wildman–Crippen MR) is 135 cm³/mol. The molecule has 1 aromatic rings. The molecular weight excluding hydrogens is 471 g/mol. The van der Waals surface area contributed by atoms with Crippen molar-refractivity contribution < 1.29 is 37.2 Å². The highest BCUT2D eigenvalue weighted by Gasteiger charge is 2.28. The molecule has 0 amide bonds. The van der Waals surface area contributed by atoms with Crippen LogP contribution in [-0.4, -0.2) is 38.4 Å². The van der Waals surface area contributed by atoms with E-state index in [9.17, 15) is 14.2 Å². The van der Waals surface area contributed by atoms with E-state index in [1.54, 1.807) is 38.1 Å². The highest BCUT2D eigenvalue weighted by atomic mass is 31.2. The minimum absolute atomic E-state index is 0.226. The van der Waals surface area contributed by atoms with Crippen LogP contribution >= 0.6 is 7.82 Å². The van der Waals surface area contributed by atoms with Crippen molar-refractivity contribution in [2.45, 2.75) is 65.2 Å². The maximum Gasteiger partial charge on any atom is 0.530 e. The Hall–Kier alpha value is -2.41. The first-order valence-corrected chi connectivity index (χ1v) is 13.5. The first-order chi connectivity index (χ1) is 16.7. The number of para-hydroxylation sites is 1. The molecule has 1 rings (SSSR count). The van der Waals surface area contributed by atoms with E-state index < -0.39 is 7.82 Å². The Morgan fingerprint density at radius 1 is 0.686 bits per heavy atom. The summed E-state index contributed by atoms with van der Waals surface area (Å²) in [4.78, 5) is 22.7. The van der Waals surface area contributed by atoms with Crippen LogP contribution in [0.25, 0.3) is 0 Å². The number of hydrogen-bond acceptors (Lipinski definition) is 8. The van der Waals surface area contributed by atoms with Crippen molar-refractivity contribution in [1.29, 1.82) is 0 Å². The van der Waals surface area contributed by atoms with Gasteiger partial charge in [-0.25, -0.2) is 14.2 Å². The van der Waals surface area contributed by atoms with E-state index in [0.29, 0.717) is 43.0 Å². The lowest BCUT2D eigenvalue weighted by molar-refractivity contribution is -0.139. The zero-order valence-electron chi connectivity index (χ0n) is 21.0. The molecule has 196 valence electrons. The van der Waals surface area contributed by atoms with Gasteiger partial charge in [-0.2, -0.15) is 0 Å². The lowest BCUT2D eigenvalue weighted by atomic mass is 10.2. The molecular formula is C26H39O8P. The van der Waals surface area contributed by atoms with Gasteiger partial charge in [-0.1, -0.05) is 44.2 Å². The van der Waals surface area contributed by atoms with Crippen molar-refractivity contribution in [3.8, 4) is 5.75 Å². The first-order valence-electron chi connectivity index (χ1n) is 12.0. The van der Waals surface area contributed by atoms with Crippen LogP contribution in [0.3, 0.4) is 0 Å². The number of ether oxygens (including phenoxy) is 2. The second kappa shape index (κ2) is 17.9. The SMILES string of the molecule is C=C(C)C(=O)OCCCCCCOP(=O)(OCCCCCCOC(=O)C(=C)C)Oc1ccccc1. The molecule has 35 heavy (non-hydrogen) atoms. The van der Waals surface area contributed by atoms with Gasteiger partial charge in [-0.3, -0.25) is 9.05 Å². The number of carbonyl (C=O) groups excluding carboxylic acids is 2. The lowest BCUT2D eigenvalue weighted by Crippen LogP contribution is -2.07. The molecule has 0 atom stereocenters. The number of phosphoric acid groups is 1. The summed E-state index contributed by atoms with van der Waals surface area (Å²) in [5.74, 6) is -0.346. The summed E-state index contributed by atoms with van der Waals surface area (Å²) in [5, 5.41) is 0. The molecule has 0 saturated carbocycles. The fourth-order valence-corrected chi connectivity index (χ4v) is 4.01. The van der Waals surface area contributed by atoms with Crippen molar-refractivity contribution in [2.24, 2.45) is 0 Å². The number of esters is 2. The smallest absolute Gasteiger partial charge is 0.462 e. The van der Waals surface area contributed by atoms with Crippen molar-refractivity contribution in [3.63, 3.8) is 0 Å². The largest absolute Gasteiger partial charge is 0.530 e. The third-order valence-corrected chi connectivity index (χ3v) is 6.13. The van der Waals surface area contributed by atoms with Crippen molar-refractivity contribution in [2.75, 3.05) is 26.4 Å². The van der Waals surface area contributed by atoms with Gasteiger partial charge in [-0.15, -0.1) is 0 Å². The Balaban J connectivity index is 2.30. The zero-order valence-corrected chi connectivity index (χ0v) is 21.9. The van der Waals surface area contributed by atoms with Crippen LogP contribution in [0.1, 0.15) is 65.2 Å².